The van der Waals surface area contributed by atoms with Crippen molar-refractivity contribution in [3.8, 4) is 0 Å². The van der Waals surface area contributed by atoms with Crippen molar-refractivity contribution in [2.45, 2.75) is 110 Å². The minimum Gasteiger partial charge on any atom is -0.468 e. The quantitative estimate of drug-likeness (QED) is 0.311. The second kappa shape index (κ2) is 15.3. The molecule has 0 aliphatic heterocycles. The van der Waals surface area contributed by atoms with Gasteiger partial charge in [-0.05, 0) is 45.0 Å². The molecule has 1 heterocycles. The van der Waals surface area contributed by atoms with E-state index in [0.29, 0.717) is 0 Å². The van der Waals surface area contributed by atoms with Crippen LogP contribution in [0, 0.1) is 0 Å². The molecule has 2 unspecified atom stereocenters. The van der Waals surface area contributed by atoms with E-state index in [0.717, 1.165) is 18.8 Å². The first-order valence-corrected chi connectivity index (χ1v) is 11.2. The van der Waals surface area contributed by atoms with Crippen LogP contribution < -0.4 is 0 Å². The van der Waals surface area contributed by atoms with Crippen molar-refractivity contribution in [1.82, 2.24) is 4.90 Å². The molecule has 0 saturated carbocycles. The monoisotopic (exact) mass is 365 g/mol. The molecule has 0 aliphatic rings. The van der Waals surface area contributed by atoms with E-state index in [4.69, 9.17) is 4.42 Å². The first-order chi connectivity index (χ1) is 12.7. The topological polar surface area (TPSA) is 36.6 Å². The minimum absolute atomic E-state index is 0.0173. The normalized spacial score (nSPS) is 14.0. The zero-order chi connectivity index (χ0) is 19.0. The van der Waals surface area contributed by atoms with Gasteiger partial charge in [0.2, 0.25) is 0 Å². The Bertz CT molecular complexity index is 386. The summed E-state index contributed by atoms with van der Waals surface area (Å²) in [7, 11) is 0. The summed E-state index contributed by atoms with van der Waals surface area (Å²) in [6.07, 6.45) is 17.0. The summed E-state index contributed by atoms with van der Waals surface area (Å²) in [5, 5.41) is 10.4. The van der Waals surface area contributed by atoms with Crippen LogP contribution in [0.15, 0.2) is 22.8 Å². The molecule has 0 fully saturated rings. The molecule has 3 nitrogen and oxygen atoms in total. The lowest BCUT2D eigenvalue weighted by atomic mass is 10.0. The highest BCUT2D eigenvalue weighted by Crippen LogP contribution is 2.26. The van der Waals surface area contributed by atoms with Crippen molar-refractivity contribution in [1.29, 1.82) is 0 Å². The van der Waals surface area contributed by atoms with Crippen molar-refractivity contribution < 1.29 is 9.52 Å². The first-order valence-electron chi connectivity index (χ1n) is 11.2. The summed E-state index contributed by atoms with van der Waals surface area (Å²) in [6, 6.07) is 3.92. The van der Waals surface area contributed by atoms with E-state index in [2.05, 4.69) is 18.7 Å². The third-order valence-corrected chi connectivity index (χ3v) is 5.28. The summed E-state index contributed by atoms with van der Waals surface area (Å²) < 4.78 is 5.66. The number of nitrogens with zero attached hydrogens (tertiary/aromatic N) is 1. The Morgan fingerprint density at radius 3 is 1.77 bits per heavy atom. The molecule has 0 amide bonds. The maximum Gasteiger partial charge on any atom is 0.123 e. The second-order valence-corrected chi connectivity index (χ2v) is 7.77. The molecule has 1 N–H and O–H groups in total. The van der Waals surface area contributed by atoms with Gasteiger partial charge >= 0.3 is 0 Å². The average Bonchev–Trinajstić information content (AvgIpc) is 3.14. The van der Waals surface area contributed by atoms with Crippen LogP contribution in [0.25, 0.3) is 0 Å². The molecule has 0 radical (unpaired) electrons. The number of unbranched alkanes of at least 4 members (excludes halogenated alkanes) is 10. The summed E-state index contributed by atoms with van der Waals surface area (Å²) in [5.74, 6) is 0.900. The first kappa shape index (κ1) is 23.2. The lowest BCUT2D eigenvalue weighted by Gasteiger charge is -2.32. The van der Waals surface area contributed by atoms with Crippen molar-refractivity contribution >= 4 is 0 Å². The van der Waals surface area contributed by atoms with Crippen LogP contribution in [0.4, 0.5) is 0 Å². The standard InChI is InChI=1S/C23H43NO2/c1-4-6-8-10-12-14-18-24(19-15-13-11-9-7-5-2)23(21(3)25)22-17-16-20-26-22/h16-17,20-21,23,25H,4-15,18-19H2,1-3H3. The third kappa shape index (κ3) is 9.78. The van der Waals surface area contributed by atoms with E-state index >= 15 is 0 Å². The fourth-order valence-electron chi connectivity index (χ4n) is 3.76. The average molecular weight is 366 g/mol. The van der Waals surface area contributed by atoms with Gasteiger partial charge in [0.25, 0.3) is 0 Å². The highest BCUT2D eigenvalue weighted by Gasteiger charge is 2.26. The SMILES string of the molecule is CCCCCCCCN(CCCCCCCC)C(c1ccco1)C(C)O. The second-order valence-electron chi connectivity index (χ2n) is 7.77. The molecule has 2 atom stereocenters. The van der Waals surface area contributed by atoms with Crippen LogP contribution in [0.3, 0.4) is 0 Å². The Kier molecular flexibility index (Phi) is 13.7. The van der Waals surface area contributed by atoms with Gasteiger partial charge in [-0.25, -0.2) is 0 Å². The van der Waals surface area contributed by atoms with Crippen LogP contribution in [0.1, 0.15) is 110 Å². The molecule has 0 aromatic carbocycles. The van der Waals surface area contributed by atoms with Crippen LogP contribution in [-0.2, 0) is 0 Å². The number of aliphatic hydroxyl groups is 1. The van der Waals surface area contributed by atoms with Gasteiger partial charge < -0.3 is 9.52 Å². The maximum absolute atomic E-state index is 10.4. The van der Waals surface area contributed by atoms with Gasteiger partial charge in [-0.15, -0.1) is 0 Å². The fourth-order valence-corrected chi connectivity index (χ4v) is 3.76. The van der Waals surface area contributed by atoms with E-state index in [1.165, 1.54) is 77.0 Å². The lowest BCUT2D eigenvalue weighted by molar-refractivity contribution is 0.0450. The number of hydrogen-bond donors (Lipinski definition) is 1. The molecule has 3 heteroatoms. The molecule has 0 bridgehead atoms. The van der Waals surface area contributed by atoms with Crippen LogP contribution in [-0.4, -0.2) is 29.2 Å². The molecule has 0 saturated heterocycles. The predicted octanol–water partition coefficient (Wildman–Crippen LogP) is 6.72. The highest BCUT2D eigenvalue weighted by atomic mass is 16.3. The lowest BCUT2D eigenvalue weighted by Crippen LogP contribution is -2.36. The Morgan fingerprint density at radius 2 is 1.35 bits per heavy atom. The molecule has 0 aliphatic carbocycles. The Morgan fingerprint density at radius 1 is 0.846 bits per heavy atom. The van der Waals surface area contributed by atoms with Crippen molar-refractivity contribution in [2.75, 3.05) is 13.1 Å². The van der Waals surface area contributed by atoms with E-state index in [-0.39, 0.29) is 6.04 Å². The molecule has 1 rings (SSSR count). The maximum atomic E-state index is 10.4. The highest BCUT2D eigenvalue weighted by molar-refractivity contribution is 5.06. The van der Waals surface area contributed by atoms with Gasteiger partial charge in [0, 0.05) is 0 Å². The van der Waals surface area contributed by atoms with Gasteiger partial charge in [-0.1, -0.05) is 78.1 Å². The number of hydrogen-bond acceptors (Lipinski definition) is 3. The molecule has 152 valence electrons. The van der Waals surface area contributed by atoms with Gasteiger partial charge in [-0.2, -0.15) is 0 Å². The molecule has 26 heavy (non-hydrogen) atoms. The largest absolute Gasteiger partial charge is 0.468 e. The minimum atomic E-state index is -0.415. The molecular weight excluding hydrogens is 322 g/mol. The van der Waals surface area contributed by atoms with Gasteiger partial charge in [-0.3, -0.25) is 4.90 Å². The molecular formula is C23H43NO2. The van der Waals surface area contributed by atoms with Crippen LogP contribution >= 0.6 is 0 Å². The van der Waals surface area contributed by atoms with Crippen molar-refractivity contribution in [2.24, 2.45) is 0 Å². The number of rotatable bonds is 17. The van der Waals surface area contributed by atoms with E-state index in [1.807, 2.05) is 19.1 Å². The van der Waals surface area contributed by atoms with Gasteiger partial charge in [0.15, 0.2) is 0 Å². The summed E-state index contributed by atoms with van der Waals surface area (Å²) in [5.41, 5.74) is 0. The zero-order valence-electron chi connectivity index (χ0n) is 17.6. The van der Waals surface area contributed by atoms with E-state index < -0.39 is 6.10 Å². The van der Waals surface area contributed by atoms with Crippen LogP contribution in [0.5, 0.6) is 0 Å². The van der Waals surface area contributed by atoms with Crippen molar-refractivity contribution in [3.05, 3.63) is 24.2 Å². The molecule has 1 aromatic heterocycles. The Hall–Kier alpha value is -0.800. The Balaban J connectivity index is 2.50. The van der Waals surface area contributed by atoms with Crippen LogP contribution in [0.2, 0.25) is 0 Å². The predicted molar refractivity (Wildman–Crippen MR) is 111 cm³/mol. The van der Waals surface area contributed by atoms with E-state index in [9.17, 15) is 5.11 Å². The fraction of sp³-hybridized carbons (Fsp3) is 0.826. The molecule has 0 spiro atoms. The third-order valence-electron chi connectivity index (χ3n) is 5.28. The van der Waals surface area contributed by atoms with Gasteiger partial charge in [0.1, 0.15) is 5.76 Å². The van der Waals surface area contributed by atoms with Crippen molar-refractivity contribution in [3.63, 3.8) is 0 Å². The number of aliphatic hydroxyl groups excluding tert-OH is 1. The Labute approximate surface area is 162 Å². The summed E-state index contributed by atoms with van der Waals surface area (Å²) in [6.45, 7) is 8.52. The zero-order valence-corrected chi connectivity index (χ0v) is 17.6. The smallest absolute Gasteiger partial charge is 0.123 e. The van der Waals surface area contributed by atoms with Gasteiger partial charge in [0.05, 0.1) is 18.4 Å². The summed E-state index contributed by atoms with van der Waals surface area (Å²) >= 11 is 0. The molecule has 1 aromatic rings. The number of furan rings is 1. The summed E-state index contributed by atoms with van der Waals surface area (Å²) in [4.78, 5) is 2.46. The van der Waals surface area contributed by atoms with E-state index in [1.54, 1.807) is 6.26 Å².